The Labute approximate surface area is 392 Å². The first kappa shape index (κ1) is 49.6. The Morgan fingerprint density at radius 2 is 1.15 bits per heavy atom. The molecule has 0 saturated heterocycles. The number of aromatic nitrogens is 4. The fourth-order valence-corrected chi connectivity index (χ4v) is 9.65. The molecule has 10 nitrogen and oxygen atoms in total. The first-order valence-corrected chi connectivity index (χ1v) is 22.3. The number of ether oxygens (including phenoxy) is 2. The second-order valence-corrected chi connectivity index (χ2v) is 20.0. The van der Waals surface area contributed by atoms with Crippen LogP contribution in [-0.2, 0) is 36.5 Å². The quantitative estimate of drug-likeness (QED) is 0.0697. The lowest BCUT2D eigenvalue weighted by Gasteiger charge is -2.38. The molecule has 18 heteroatoms. The van der Waals surface area contributed by atoms with Gasteiger partial charge in [-0.3, -0.25) is 4.79 Å². The number of Topliss-reactive ketones (excluding diaryl/α,β-unsaturated/α-hetero) is 1. The van der Waals surface area contributed by atoms with E-state index in [2.05, 4.69) is 19.9 Å². The van der Waals surface area contributed by atoms with Crippen LogP contribution in [0, 0.1) is 17.2 Å². The number of pyridine rings is 2. The number of benzene rings is 2. The van der Waals surface area contributed by atoms with Gasteiger partial charge in [0.05, 0.1) is 35.3 Å². The number of nitriles is 1. The maximum absolute atomic E-state index is 14.3. The lowest BCUT2D eigenvalue weighted by Crippen LogP contribution is -2.51. The molecule has 0 amide bonds. The highest BCUT2D eigenvalue weighted by Crippen LogP contribution is 2.49. The number of rotatable bonds is 12. The van der Waals surface area contributed by atoms with Gasteiger partial charge < -0.3 is 29.7 Å². The third kappa shape index (κ3) is 10.3. The third-order valence-corrected chi connectivity index (χ3v) is 12.8. The summed E-state index contributed by atoms with van der Waals surface area (Å²) in [5, 5.41) is 31.8. The van der Waals surface area contributed by atoms with E-state index >= 15 is 0 Å². The fourth-order valence-electron chi connectivity index (χ4n) is 9.17. The molecule has 4 aromatic heterocycles. The number of alkyl halides is 6. The van der Waals surface area contributed by atoms with Gasteiger partial charge in [-0.2, -0.15) is 31.6 Å². The highest BCUT2D eigenvalue weighted by Gasteiger charge is 2.57. The van der Waals surface area contributed by atoms with Crippen LogP contribution in [0.1, 0.15) is 104 Å². The van der Waals surface area contributed by atoms with Crippen LogP contribution < -0.4 is 9.47 Å². The first-order valence-electron chi connectivity index (χ1n) is 21.5. The topological polar surface area (TPSA) is 157 Å². The van der Waals surface area contributed by atoms with E-state index in [0.717, 1.165) is 11.1 Å². The molecule has 2 aliphatic rings. The molecule has 0 bridgehead atoms. The van der Waals surface area contributed by atoms with Gasteiger partial charge in [-0.15, -0.1) is 0 Å². The molecule has 2 atom stereocenters. The Hall–Kier alpha value is -5.34. The van der Waals surface area contributed by atoms with Gasteiger partial charge in [0.1, 0.15) is 29.0 Å². The van der Waals surface area contributed by atoms with Crippen molar-refractivity contribution in [1.29, 1.82) is 5.26 Å². The van der Waals surface area contributed by atoms with Crippen LogP contribution in [0.25, 0.3) is 22.1 Å². The number of ketones is 1. The maximum atomic E-state index is 14.3. The first-order chi connectivity index (χ1) is 31.1. The Bertz CT molecular complexity index is 2900. The van der Waals surface area contributed by atoms with Crippen LogP contribution >= 0.6 is 23.2 Å². The molecular weight excluding hydrogens is 923 g/mol. The summed E-state index contributed by atoms with van der Waals surface area (Å²) in [4.78, 5) is 26.5. The number of aliphatic hydroxyl groups is 2. The van der Waals surface area contributed by atoms with E-state index in [-0.39, 0.29) is 34.5 Å². The zero-order valence-corrected chi connectivity index (χ0v) is 39.0. The van der Waals surface area contributed by atoms with Crippen molar-refractivity contribution in [1.82, 2.24) is 19.9 Å². The number of fused-ring (bicyclic) bond motifs is 4. The normalized spacial score (nSPS) is 15.8. The SMILES string of the molecule is CC(C)(CC(O)(Cc1cc2nc(C#N)ccc2[nH]1)C(F)(F)F)c1cc(Cl)cc2c1OCC2.CC(C)C(=O)c1ccc2[nH]c(CC(O)(CC(C)(C)c3cc(Cl)cc4c3OCC4)C(F)(F)F)cc2n1. The van der Waals surface area contributed by atoms with Crippen LogP contribution in [0.5, 0.6) is 11.5 Å². The van der Waals surface area contributed by atoms with Gasteiger partial charge in [-0.1, -0.05) is 64.7 Å². The van der Waals surface area contributed by atoms with Crippen molar-refractivity contribution < 1.29 is 50.8 Å². The minimum atomic E-state index is -4.91. The Balaban J connectivity index is 0.000000200. The van der Waals surface area contributed by atoms with Gasteiger partial charge in [0.2, 0.25) is 0 Å². The van der Waals surface area contributed by atoms with E-state index in [1.54, 1.807) is 84.0 Å². The van der Waals surface area contributed by atoms with E-state index in [1.807, 2.05) is 6.07 Å². The monoisotopic (exact) mass is 971 g/mol. The molecule has 0 fully saturated rings. The lowest BCUT2D eigenvalue weighted by molar-refractivity contribution is -0.266. The van der Waals surface area contributed by atoms with Crippen molar-refractivity contribution >= 4 is 51.1 Å². The van der Waals surface area contributed by atoms with E-state index in [4.69, 9.17) is 37.9 Å². The second-order valence-electron chi connectivity index (χ2n) is 19.1. The van der Waals surface area contributed by atoms with Crippen molar-refractivity contribution in [2.75, 3.05) is 13.2 Å². The maximum Gasteiger partial charge on any atom is 0.417 e. The number of aromatic amines is 2. The van der Waals surface area contributed by atoms with Gasteiger partial charge in [0, 0.05) is 64.2 Å². The van der Waals surface area contributed by atoms with Crippen LogP contribution in [0.15, 0.2) is 60.7 Å². The number of carbonyl (C=O) groups is 1. The van der Waals surface area contributed by atoms with Crippen molar-refractivity contribution in [2.24, 2.45) is 5.92 Å². The van der Waals surface area contributed by atoms with Crippen LogP contribution in [0.3, 0.4) is 0 Å². The number of carbonyl (C=O) groups excluding carboxylic acids is 1. The third-order valence-electron chi connectivity index (χ3n) is 12.4. The molecule has 356 valence electrons. The van der Waals surface area contributed by atoms with Crippen LogP contribution in [0.4, 0.5) is 26.3 Å². The Morgan fingerprint density at radius 3 is 1.57 bits per heavy atom. The standard InChI is InChI=1S/C26H28ClF3N2O3.C23H21ClF3N3O2/c1-14(2)22(33)20-6-5-19-21(32-20)11-17(31-19)12-25(34,26(28,29)30)13-24(3,4)18-10-16(27)9-15-7-8-35-23(15)18;1-21(2,17-8-14(24)7-13-5-6-32-20(13)17)12-22(31,23(25,26)27)10-16-9-19-18(30-16)4-3-15(11-28)29-19/h5-6,9-11,14,31,34H,7-8,12-13H2,1-4H3;3-4,7-9,30-31H,5-6,10,12H2,1-2H3. The van der Waals surface area contributed by atoms with E-state index < -0.39 is 60.1 Å². The molecule has 0 aliphatic carbocycles. The molecule has 6 aromatic rings. The van der Waals surface area contributed by atoms with Crippen molar-refractivity contribution in [2.45, 2.75) is 114 Å². The summed E-state index contributed by atoms with van der Waals surface area (Å²) in [7, 11) is 0. The summed E-state index contributed by atoms with van der Waals surface area (Å²) < 4.78 is 96.9. The van der Waals surface area contributed by atoms with Gasteiger partial charge >= 0.3 is 12.4 Å². The van der Waals surface area contributed by atoms with Crippen LogP contribution in [-0.4, -0.2) is 72.7 Å². The predicted octanol–water partition coefficient (Wildman–Crippen LogP) is 11.4. The summed E-state index contributed by atoms with van der Waals surface area (Å²) >= 11 is 12.5. The minimum absolute atomic E-state index is 0.153. The van der Waals surface area contributed by atoms with E-state index in [9.17, 15) is 41.4 Å². The molecule has 67 heavy (non-hydrogen) atoms. The number of H-pyrrole nitrogens is 2. The smallest absolute Gasteiger partial charge is 0.417 e. The van der Waals surface area contributed by atoms with E-state index in [0.29, 0.717) is 80.8 Å². The largest absolute Gasteiger partial charge is 0.493 e. The van der Waals surface area contributed by atoms with Crippen molar-refractivity contribution in [3.05, 3.63) is 116 Å². The average molecular weight is 973 g/mol. The van der Waals surface area contributed by atoms with Gasteiger partial charge in [-0.05, 0) is 95.5 Å². The zero-order chi connectivity index (χ0) is 49.1. The predicted molar refractivity (Wildman–Crippen MR) is 242 cm³/mol. The van der Waals surface area contributed by atoms with Crippen molar-refractivity contribution in [3.63, 3.8) is 0 Å². The number of hydrogen-bond donors (Lipinski definition) is 4. The highest BCUT2D eigenvalue weighted by molar-refractivity contribution is 6.31. The molecule has 0 saturated carbocycles. The zero-order valence-electron chi connectivity index (χ0n) is 37.5. The van der Waals surface area contributed by atoms with Crippen LogP contribution in [0.2, 0.25) is 10.0 Å². The second kappa shape index (κ2) is 18.0. The average Bonchev–Trinajstić information content (AvgIpc) is 4.04. The molecule has 8 rings (SSSR count). The molecule has 6 heterocycles. The highest BCUT2D eigenvalue weighted by atomic mass is 35.5. The van der Waals surface area contributed by atoms with E-state index in [1.165, 1.54) is 18.2 Å². The molecular formula is C49H49Cl2F6N5O5. The van der Waals surface area contributed by atoms with Gasteiger partial charge in [0.15, 0.2) is 17.0 Å². The number of hydrogen-bond acceptors (Lipinski definition) is 8. The Morgan fingerprint density at radius 1 is 0.716 bits per heavy atom. The fraction of sp³-hybridized carbons (Fsp3) is 0.429. The number of halogens is 8. The summed E-state index contributed by atoms with van der Waals surface area (Å²) in [6.07, 6.45) is -11.1. The summed E-state index contributed by atoms with van der Waals surface area (Å²) in [6, 6.07) is 17.7. The molecule has 2 aromatic carbocycles. The molecule has 2 unspecified atom stereocenters. The summed E-state index contributed by atoms with van der Waals surface area (Å²) in [5.41, 5.74) is -3.02. The molecule has 0 radical (unpaired) electrons. The molecule has 4 N–H and O–H groups in total. The van der Waals surface area contributed by atoms with Crippen molar-refractivity contribution in [3.8, 4) is 17.6 Å². The molecule has 0 spiro atoms. The molecule has 2 aliphatic heterocycles. The van der Waals surface area contributed by atoms with Gasteiger partial charge in [0.25, 0.3) is 0 Å². The number of nitrogens with zero attached hydrogens (tertiary/aromatic N) is 3. The Kier molecular flexibility index (Phi) is 13.3. The van der Waals surface area contributed by atoms with Gasteiger partial charge in [-0.25, -0.2) is 9.97 Å². The lowest BCUT2D eigenvalue weighted by atomic mass is 9.73. The number of nitrogens with one attached hydrogen (secondary N) is 2. The minimum Gasteiger partial charge on any atom is -0.493 e. The summed E-state index contributed by atoms with van der Waals surface area (Å²) in [5.74, 6) is 0.677. The summed E-state index contributed by atoms with van der Waals surface area (Å²) in [6.45, 7) is 11.0.